The number of carbonyl (C=O) groups is 2. The van der Waals surface area contributed by atoms with Gasteiger partial charge in [-0.2, -0.15) is 0 Å². The minimum absolute atomic E-state index is 0.0785. The number of rotatable bonds is 4. The Balaban J connectivity index is 2.50. The number of hydrogen-bond donors (Lipinski definition) is 3. The summed E-state index contributed by atoms with van der Waals surface area (Å²) in [6, 6.07) is -0.267. The Morgan fingerprint density at radius 2 is 1.95 bits per heavy atom. The van der Waals surface area contributed by atoms with Crippen LogP contribution in [0, 0.1) is 0 Å². The third kappa shape index (κ3) is 4.64. The van der Waals surface area contributed by atoms with E-state index in [1.807, 2.05) is 7.05 Å². The lowest BCUT2D eigenvalue weighted by molar-refractivity contribution is -0.141. The van der Waals surface area contributed by atoms with Gasteiger partial charge in [0.1, 0.15) is 0 Å². The van der Waals surface area contributed by atoms with Crippen LogP contribution in [0.4, 0.5) is 4.79 Å². The Kier molecular flexibility index (Phi) is 4.99. The third-order valence-corrected chi connectivity index (χ3v) is 3.76. The van der Waals surface area contributed by atoms with Gasteiger partial charge in [0.15, 0.2) is 0 Å². The van der Waals surface area contributed by atoms with Gasteiger partial charge in [0.05, 0.1) is 12.0 Å². The van der Waals surface area contributed by atoms with Gasteiger partial charge < -0.3 is 20.4 Å². The lowest BCUT2D eigenvalue weighted by Gasteiger charge is -2.45. The molecule has 0 spiro atoms. The standard InChI is InChI=1S/C13H25N3O4/c1-12(2)9-16(6-5-15(12)4)11(19)14-8-13(3,20)7-10(17)18/h20H,5-9H2,1-4H3,(H,14,19)(H,17,18). The second kappa shape index (κ2) is 5.97. The molecule has 0 radical (unpaired) electrons. The zero-order valence-corrected chi connectivity index (χ0v) is 12.6. The highest BCUT2D eigenvalue weighted by Gasteiger charge is 2.34. The molecule has 1 atom stereocenters. The fraction of sp³-hybridized carbons (Fsp3) is 0.846. The molecule has 1 rings (SSSR count). The number of carbonyl (C=O) groups excluding carboxylic acids is 1. The summed E-state index contributed by atoms with van der Waals surface area (Å²) in [5, 5.41) is 21.1. The number of amides is 2. The molecule has 0 aromatic heterocycles. The molecule has 0 aromatic carbocycles. The molecule has 1 aliphatic heterocycles. The maximum absolute atomic E-state index is 12.1. The van der Waals surface area contributed by atoms with Gasteiger partial charge in [-0.05, 0) is 27.8 Å². The molecule has 1 aliphatic rings. The number of likely N-dealkylation sites (N-methyl/N-ethyl adjacent to an activating group) is 1. The number of hydrogen-bond acceptors (Lipinski definition) is 4. The van der Waals surface area contributed by atoms with E-state index in [-0.39, 0.29) is 18.1 Å². The number of nitrogens with one attached hydrogen (secondary N) is 1. The van der Waals surface area contributed by atoms with Crippen molar-refractivity contribution in [3.05, 3.63) is 0 Å². The Hall–Kier alpha value is -1.34. The minimum Gasteiger partial charge on any atom is -0.481 e. The van der Waals surface area contributed by atoms with E-state index in [0.717, 1.165) is 6.54 Å². The Morgan fingerprint density at radius 3 is 2.45 bits per heavy atom. The van der Waals surface area contributed by atoms with Crippen molar-refractivity contribution < 1.29 is 19.8 Å². The number of nitrogens with zero attached hydrogens (tertiary/aromatic N) is 2. The van der Waals surface area contributed by atoms with Crippen LogP contribution in [0.2, 0.25) is 0 Å². The normalized spacial score (nSPS) is 22.1. The maximum Gasteiger partial charge on any atom is 0.317 e. The molecule has 7 nitrogen and oxygen atoms in total. The van der Waals surface area contributed by atoms with Crippen LogP contribution in [0.25, 0.3) is 0 Å². The minimum atomic E-state index is -1.44. The molecule has 7 heteroatoms. The number of piperazine rings is 1. The highest BCUT2D eigenvalue weighted by molar-refractivity contribution is 5.75. The van der Waals surface area contributed by atoms with E-state index >= 15 is 0 Å². The van der Waals surface area contributed by atoms with Crippen molar-refractivity contribution in [2.45, 2.75) is 38.3 Å². The van der Waals surface area contributed by atoms with Crippen LogP contribution < -0.4 is 5.32 Å². The van der Waals surface area contributed by atoms with Crippen molar-refractivity contribution in [2.75, 3.05) is 33.2 Å². The summed E-state index contributed by atoms with van der Waals surface area (Å²) in [7, 11) is 2.02. The van der Waals surface area contributed by atoms with Crippen molar-refractivity contribution >= 4 is 12.0 Å². The number of carboxylic acids is 1. The van der Waals surface area contributed by atoms with Crippen LogP contribution in [0.5, 0.6) is 0 Å². The van der Waals surface area contributed by atoms with Gasteiger partial charge in [-0.15, -0.1) is 0 Å². The molecular formula is C13H25N3O4. The quantitative estimate of drug-likeness (QED) is 0.674. The highest BCUT2D eigenvalue weighted by atomic mass is 16.4. The van der Waals surface area contributed by atoms with Gasteiger partial charge in [-0.25, -0.2) is 4.79 Å². The van der Waals surface area contributed by atoms with E-state index < -0.39 is 18.0 Å². The summed E-state index contributed by atoms with van der Waals surface area (Å²) in [4.78, 5) is 26.5. The summed E-state index contributed by atoms with van der Waals surface area (Å²) >= 11 is 0. The van der Waals surface area contributed by atoms with Crippen molar-refractivity contribution in [2.24, 2.45) is 0 Å². The van der Waals surface area contributed by atoms with Crippen LogP contribution in [-0.4, -0.2) is 76.4 Å². The first-order valence-electron chi connectivity index (χ1n) is 6.72. The van der Waals surface area contributed by atoms with E-state index in [0.29, 0.717) is 13.1 Å². The van der Waals surface area contributed by atoms with E-state index in [4.69, 9.17) is 5.11 Å². The topological polar surface area (TPSA) is 93.1 Å². The fourth-order valence-corrected chi connectivity index (χ4v) is 2.18. The SMILES string of the molecule is CN1CCN(C(=O)NCC(C)(O)CC(=O)O)CC1(C)C. The average molecular weight is 287 g/mol. The fourth-order valence-electron chi connectivity index (χ4n) is 2.18. The predicted octanol–water partition coefficient (Wildman–Crippen LogP) is -0.0523. The van der Waals surface area contributed by atoms with Gasteiger partial charge in [0.25, 0.3) is 0 Å². The van der Waals surface area contributed by atoms with Crippen molar-refractivity contribution in [3.8, 4) is 0 Å². The molecule has 0 aliphatic carbocycles. The van der Waals surface area contributed by atoms with Crippen LogP contribution in [0.15, 0.2) is 0 Å². The molecule has 0 bridgehead atoms. The summed E-state index contributed by atoms with van der Waals surface area (Å²) in [6.45, 7) is 7.44. The largest absolute Gasteiger partial charge is 0.481 e. The van der Waals surface area contributed by atoms with Crippen molar-refractivity contribution in [1.82, 2.24) is 15.1 Å². The monoisotopic (exact) mass is 287 g/mol. The van der Waals surface area contributed by atoms with E-state index in [9.17, 15) is 14.7 Å². The highest BCUT2D eigenvalue weighted by Crippen LogP contribution is 2.18. The second-order valence-corrected chi connectivity index (χ2v) is 6.38. The first-order valence-corrected chi connectivity index (χ1v) is 6.72. The van der Waals surface area contributed by atoms with Crippen molar-refractivity contribution in [3.63, 3.8) is 0 Å². The zero-order chi connectivity index (χ0) is 15.6. The van der Waals surface area contributed by atoms with Gasteiger partial charge in [0.2, 0.25) is 0 Å². The Morgan fingerprint density at radius 1 is 1.35 bits per heavy atom. The molecule has 0 saturated carbocycles. The predicted molar refractivity (Wildman–Crippen MR) is 74.6 cm³/mol. The van der Waals surface area contributed by atoms with E-state index in [1.54, 1.807) is 4.90 Å². The number of carboxylic acid groups (broad SMARTS) is 1. The lowest BCUT2D eigenvalue weighted by atomic mass is 10.00. The summed E-state index contributed by atoms with van der Waals surface area (Å²) < 4.78 is 0. The molecule has 1 saturated heterocycles. The van der Waals surface area contributed by atoms with Crippen molar-refractivity contribution in [1.29, 1.82) is 0 Å². The molecular weight excluding hydrogens is 262 g/mol. The van der Waals surface area contributed by atoms with Crippen LogP contribution >= 0.6 is 0 Å². The molecule has 0 aromatic rings. The molecule has 20 heavy (non-hydrogen) atoms. The molecule has 3 N–H and O–H groups in total. The van der Waals surface area contributed by atoms with Gasteiger partial charge >= 0.3 is 12.0 Å². The first kappa shape index (κ1) is 16.7. The maximum atomic E-state index is 12.1. The van der Waals surface area contributed by atoms with Gasteiger partial charge in [-0.3, -0.25) is 9.69 Å². The summed E-state index contributed by atoms with van der Waals surface area (Å²) in [5.74, 6) is -1.09. The second-order valence-electron chi connectivity index (χ2n) is 6.38. The number of aliphatic carboxylic acids is 1. The number of aliphatic hydroxyl groups is 1. The van der Waals surface area contributed by atoms with Crippen LogP contribution in [0.1, 0.15) is 27.2 Å². The lowest BCUT2D eigenvalue weighted by Crippen LogP contribution is -2.61. The summed E-state index contributed by atoms with van der Waals surface area (Å²) in [5.41, 5.74) is -1.54. The van der Waals surface area contributed by atoms with E-state index in [2.05, 4.69) is 24.1 Å². The van der Waals surface area contributed by atoms with Gasteiger partial charge in [-0.1, -0.05) is 0 Å². The first-order chi connectivity index (χ1) is 9.03. The molecule has 1 fully saturated rings. The van der Waals surface area contributed by atoms with Crippen LogP contribution in [0.3, 0.4) is 0 Å². The molecule has 116 valence electrons. The van der Waals surface area contributed by atoms with Crippen LogP contribution in [-0.2, 0) is 4.79 Å². The average Bonchev–Trinajstić information content (AvgIpc) is 2.28. The zero-order valence-electron chi connectivity index (χ0n) is 12.6. The summed E-state index contributed by atoms with van der Waals surface area (Å²) in [6.07, 6.45) is -0.401. The van der Waals surface area contributed by atoms with Gasteiger partial charge in [0, 0.05) is 31.7 Å². The smallest absolute Gasteiger partial charge is 0.317 e. The Labute approximate surface area is 119 Å². The van der Waals surface area contributed by atoms with E-state index in [1.165, 1.54) is 6.92 Å². The Bertz CT molecular complexity index is 382. The molecule has 1 heterocycles. The third-order valence-electron chi connectivity index (χ3n) is 3.76. The number of urea groups is 1. The molecule has 2 amide bonds. The molecule has 1 unspecified atom stereocenters.